The molecule has 0 aromatic heterocycles. The van der Waals surface area contributed by atoms with Crippen LogP contribution >= 0.6 is 0 Å². The largest absolute Gasteiger partial charge is 0.450 e. The number of morpholine rings is 1. The first-order valence-corrected chi connectivity index (χ1v) is 9.77. The lowest BCUT2D eigenvalue weighted by molar-refractivity contribution is -0.0174. The smallest absolute Gasteiger partial charge is 0.409 e. The molecular weight excluding hydrogens is 334 g/mol. The van der Waals surface area contributed by atoms with Gasteiger partial charge in [-0.15, -0.1) is 0 Å². The lowest BCUT2D eigenvalue weighted by atomic mass is 10.1. The lowest BCUT2D eigenvalue weighted by Crippen LogP contribution is -2.54. The summed E-state index contributed by atoms with van der Waals surface area (Å²) in [7, 11) is 1.80. The quantitative estimate of drug-likeness (QED) is 0.553. The van der Waals surface area contributed by atoms with Crippen molar-refractivity contribution in [3.8, 4) is 0 Å². The second-order valence-corrected chi connectivity index (χ2v) is 7.07. The number of carbonyl (C=O) groups is 1. The molecule has 26 heavy (non-hydrogen) atoms. The first kappa shape index (κ1) is 20.8. The van der Waals surface area contributed by atoms with Gasteiger partial charge in [0, 0.05) is 51.4 Å². The van der Waals surface area contributed by atoms with E-state index in [9.17, 15) is 4.79 Å². The van der Waals surface area contributed by atoms with Crippen molar-refractivity contribution in [2.24, 2.45) is 4.99 Å². The van der Waals surface area contributed by atoms with Crippen LogP contribution in [0.25, 0.3) is 0 Å². The van der Waals surface area contributed by atoms with Gasteiger partial charge in [-0.05, 0) is 33.6 Å². The number of rotatable bonds is 5. The van der Waals surface area contributed by atoms with E-state index in [4.69, 9.17) is 9.47 Å². The molecule has 2 saturated heterocycles. The van der Waals surface area contributed by atoms with E-state index >= 15 is 0 Å². The Balaban J connectivity index is 1.72. The number of guanidine groups is 1. The minimum Gasteiger partial charge on any atom is -0.450 e. The first-order chi connectivity index (χ1) is 12.5. The molecule has 0 bridgehead atoms. The Kier molecular flexibility index (Phi) is 8.44. The van der Waals surface area contributed by atoms with Gasteiger partial charge in [-0.3, -0.25) is 9.89 Å². The molecule has 8 heteroatoms. The minimum atomic E-state index is -0.207. The second-order valence-electron chi connectivity index (χ2n) is 7.07. The third-order valence-corrected chi connectivity index (χ3v) is 5.14. The van der Waals surface area contributed by atoms with E-state index in [-0.39, 0.29) is 6.09 Å². The van der Waals surface area contributed by atoms with Crippen LogP contribution in [0.1, 0.15) is 33.6 Å². The summed E-state index contributed by atoms with van der Waals surface area (Å²) in [5.74, 6) is 0.826. The third-order valence-electron chi connectivity index (χ3n) is 5.14. The highest BCUT2D eigenvalue weighted by Crippen LogP contribution is 2.12. The summed E-state index contributed by atoms with van der Waals surface area (Å²) in [6, 6.07) is 1.19. The zero-order valence-electron chi connectivity index (χ0n) is 16.7. The monoisotopic (exact) mass is 369 g/mol. The highest BCUT2D eigenvalue weighted by Gasteiger charge is 2.25. The van der Waals surface area contributed by atoms with E-state index in [1.165, 1.54) is 0 Å². The Morgan fingerprint density at radius 3 is 2.69 bits per heavy atom. The molecule has 1 amide bonds. The predicted molar refractivity (Wildman–Crippen MR) is 103 cm³/mol. The number of ether oxygens (including phenoxy) is 2. The maximum Gasteiger partial charge on any atom is 0.409 e. The summed E-state index contributed by atoms with van der Waals surface area (Å²) in [4.78, 5) is 20.4. The van der Waals surface area contributed by atoms with Crippen molar-refractivity contribution >= 4 is 12.1 Å². The van der Waals surface area contributed by atoms with Crippen LogP contribution < -0.4 is 10.6 Å². The topological polar surface area (TPSA) is 78.4 Å². The van der Waals surface area contributed by atoms with E-state index in [0.29, 0.717) is 24.7 Å². The Hall–Kier alpha value is -1.54. The van der Waals surface area contributed by atoms with Gasteiger partial charge in [0.05, 0.1) is 19.8 Å². The van der Waals surface area contributed by atoms with Crippen molar-refractivity contribution < 1.29 is 14.3 Å². The molecule has 2 aliphatic heterocycles. The molecule has 0 aromatic carbocycles. The normalized spacial score (nSPS) is 24.2. The van der Waals surface area contributed by atoms with Crippen LogP contribution in [-0.4, -0.2) is 93.0 Å². The standard InChI is InChI=1S/C18H35N5O3/c1-5-26-18(24)22-8-6-16(7-9-22)21-17(19-4)20-12-14(2)23-10-11-25-13-15(23)3/h14-16H,5-13H2,1-4H3,(H2,19,20,21). The molecular formula is C18H35N5O3. The fraction of sp³-hybridized carbons (Fsp3) is 0.889. The fourth-order valence-corrected chi connectivity index (χ4v) is 3.57. The molecule has 0 aromatic rings. The summed E-state index contributed by atoms with van der Waals surface area (Å²) in [6.45, 7) is 11.6. The Morgan fingerprint density at radius 1 is 1.35 bits per heavy atom. The van der Waals surface area contributed by atoms with Crippen molar-refractivity contribution in [2.75, 3.05) is 53.0 Å². The number of nitrogens with zero attached hydrogens (tertiary/aromatic N) is 3. The zero-order chi connectivity index (χ0) is 18.9. The van der Waals surface area contributed by atoms with Crippen molar-refractivity contribution in [3.63, 3.8) is 0 Å². The Bertz CT molecular complexity index is 466. The molecule has 0 spiro atoms. The highest BCUT2D eigenvalue weighted by atomic mass is 16.6. The van der Waals surface area contributed by atoms with E-state index in [0.717, 1.165) is 58.2 Å². The third kappa shape index (κ3) is 6.02. The van der Waals surface area contributed by atoms with Crippen LogP contribution in [0.15, 0.2) is 4.99 Å². The number of nitrogens with one attached hydrogen (secondary N) is 2. The van der Waals surface area contributed by atoms with Crippen LogP contribution in [0, 0.1) is 0 Å². The molecule has 0 radical (unpaired) electrons. The molecule has 150 valence electrons. The Morgan fingerprint density at radius 2 is 2.08 bits per heavy atom. The van der Waals surface area contributed by atoms with Gasteiger partial charge in [-0.25, -0.2) is 4.79 Å². The van der Waals surface area contributed by atoms with Gasteiger partial charge in [-0.1, -0.05) is 0 Å². The molecule has 2 unspecified atom stereocenters. The molecule has 2 N–H and O–H groups in total. The molecule has 2 fully saturated rings. The van der Waals surface area contributed by atoms with Crippen LogP contribution in [0.4, 0.5) is 4.79 Å². The maximum absolute atomic E-state index is 11.8. The number of likely N-dealkylation sites (tertiary alicyclic amines) is 1. The highest BCUT2D eigenvalue weighted by molar-refractivity contribution is 5.80. The van der Waals surface area contributed by atoms with Gasteiger partial charge in [0.1, 0.15) is 0 Å². The summed E-state index contributed by atoms with van der Waals surface area (Å²) < 4.78 is 10.6. The van der Waals surface area contributed by atoms with E-state index in [1.54, 1.807) is 11.9 Å². The summed E-state index contributed by atoms with van der Waals surface area (Å²) in [5, 5.41) is 6.92. The van der Waals surface area contributed by atoms with Crippen molar-refractivity contribution in [1.29, 1.82) is 0 Å². The van der Waals surface area contributed by atoms with Crippen LogP contribution in [-0.2, 0) is 9.47 Å². The fourth-order valence-electron chi connectivity index (χ4n) is 3.57. The first-order valence-electron chi connectivity index (χ1n) is 9.77. The number of amides is 1. The number of carbonyl (C=O) groups excluding carboxylic acids is 1. The maximum atomic E-state index is 11.8. The van der Waals surface area contributed by atoms with E-state index < -0.39 is 0 Å². The second kappa shape index (κ2) is 10.6. The number of hydrogen-bond donors (Lipinski definition) is 2. The summed E-state index contributed by atoms with van der Waals surface area (Å²) in [6.07, 6.45) is 1.59. The zero-order valence-corrected chi connectivity index (χ0v) is 16.7. The van der Waals surface area contributed by atoms with Crippen molar-refractivity contribution in [1.82, 2.24) is 20.4 Å². The lowest BCUT2D eigenvalue weighted by Gasteiger charge is -2.38. The summed E-state index contributed by atoms with van der Waals surface area (Å²) in [5.41, 5.74) is 0. The molecule has 0 aliphatic carbocycles. The number of hydrogen-bond acceptors (Lipinski definition) is 5. The van der Waals surface area contributed by atoms with Crippen LogP contribution in [0.5, 0.6) is 0 Å². The SMILES string of the molecule is CCOC(=O)N1CCC(NC(=NC)NCC(C)N2CCOCC2C)CC1. The van der Waals surface area contributed by atoms with E-state index in [2.05, 4.69) is 34.4 Å². The van der Waals surface area contributed by atoms with Crippen LogP contribution in [0.3, 0.4) is 0 Å². The van der Waals surface area contributed by atoms with Crippen molar-refractivity contribution in [3.05, 3.63) is 0 Å². The molecule has 2 atom stereocenters. The Labute approximate surface area is 157 Å². The van der Waals surface area contributed by atoms with Gasteiger partial charge < -0.3 is 25.0 Å². The molecule has 8 nitrogen and oxygen atoms in total. The molecule has 2 heterocycles. The summed E-state index contributed by atoms with van der Waals surface area (Å²) >= 11 is 0. The minimum absolute atomic E-state index is 0.207. The van der Waals surface area contributed by atoms with Gasteiger partial charge >= 0.3 is 6.09 Å². The number of aliphatic imine (C=N–C) groups is 1. The molecule has 2 aliphatic rings. The van der Waals surface area contributed by atoms with Gasteiger partial charge in [0.15, 0.2) is 5.96 Å². The average molecular weight is 370 g/mol. The number of piperidine rings is 1. The predicted octanol–water partition coefficient (Wildman–Crippen LogP) is 0.882. The van der Waals surface area contributed by atoms with E-state index in [1.807, 2.05) is 6.92 Å². The average Bonchev–Trinajstić information content (AvgIpc) is 2.66. The van der Waals surface area contributed by atoms with Crippen molar-refractivity contribution in [2.45, 2.75) is 51.7 Å². The van der Waals surface area contributed by atoms with Gasteiger partial charge in [-0.2, -0.15) is 0 Å². The molecule has 2 rings (SSSR count). The van der Waals surface area contributed by atoms with Gasteiger partial charge in [0.2, 0.25) is 0 Å². The van der Waals surface area contributed by atoms with Crippen LogP contribution in [0.2, 0.25) is 0 Å². The van der Waals surface area contributed by atoms with Gasteiger partial charge in [0.25, 0.3) is 0 Å². The molecule has 0 saturated carbocycles.